The molecular formula is C11H19NO3S. The van der Waals surface area contributed by atoms with E-state index in [0.29, 0.717) is 36.0 Å². The van der Waals surface area contributed by atoms with Crippen LogP contribution in [-0.2, 0) is 14.6 Å². The first-order chi connectivity index (χ1) is 7.55. The van der Waals surface area contributed by atoms with Gasteiger partial charge in [0.2, 0.25) is 0 Å². The number of sulfone groups is 1. The molecule has 2 aliphatic rings. The number of carbonyl (C=O) groups is 1. The molecule has 2 fully saturated rings. The summed E-state index contributed by atoms with van der Waals surface area (Å²) in [7, 11) is -2.77. The van der Waals surface area contributed by atoms with E-state index < -0.39 is 9.84 Å². The third kappa shape index (κ3) is 3.28. The van der Waals surface area contributed by atoms with Gasteiger partial charge in [0.15, 0.2) is 9.84 Å². The van der Waals surface area contributed by atoms with Crippen LogP contribution in [-0.4, -0.2) is 38.3 Å². The molecule has 1 atom stereocenters. The molecule has 0 amide bonds. The second-order valence-electron chi connectivity index (χ2n) is 4.99. The maximum Gasteiger partial charge on any atom is 0.151 e. The molecular weight excluding hydrogens is 226 g/mol. The molecule has 1 aliphatic carbocycles. The highest BCUT2D eigenvalue weighted by molar-refractivity contribution is 7.91. The second kappa shape index (κ2) is 4.84. The quantitative estimate of drug-likeness (QED) is 0.787. The third-order valence-electron chi connectivity index (χ3n) is 3.59. The molecule has 16 heavy (non-hydrogen) atoms. The summed E-state index contributed by atoms with van der Waals surface area (Å²) in [5, 5.41) is 3.33. The van der Waals surface area contributed by atoms with Crippen LogP contribution in [0, 0.1) is 5.92 Å². The van der Waals surface area contributed by atoms with Gasteiger partial charge in [0, 0.05) is 18.9 Å². The standard InChI is InChI=1S/C11H19NO3S/c13-11-3-1-9(2-4-11)7-12-10-5-6-16(14,15)8-10/h9-10,12H,1-8H2. The van der Waals surface area contributed by atoms with Crippen LogP contribution in [0.5, 0.6) is 0 Å². The maximum absolute atomic E-state index is 11.3. The van der Waals surface area contributed by atoms with E-state index in [2.05, 4.69) is 5.32 Å². The number of Topliss-reactive ketones (excluding diaryl/α,β-unsaturated/α-hetero) is 1. The van der Waals surface area contributed by atoms with E-state index in [1.54, 1.807) is 0 Å². The Kier molecular flexibility index (Phi) is 3.64. The molecule has 0 aromatic heterocycles. The normalized spacial score (nSPS) is 30.8. The lowest BCUT2D eigenvalue weighted by Gasteiger charge is -2.22. The Morgan fingerprint density at radius 3 is 2.44 bits per heavy atom. The molecule has 1 saturated heterocycles. The Morgan fingerprint density at radius 2 is 1.88 bits per heavy atom. The zero-order valence-corrected chi connectivity index (χ0v) is 10.3. The van der Waals surface area contributed by atoms with Gasteiger partial charge in [-0.1, -0.05) is 0 Å². The van der Waals surface area contributed by atoms with E-state index in [9.17, 15) is 13.2 Å². The van der Waals surface area contributed by atoms with Gasteiger partial charge in [-0.05, 0) is 31.7 Å². The van der Waals surface area contributed by atoms with Gasteiger partial charge in [-0.15, -0.1) is 0 Å². The average Bonchev–Trinajstić information content (AvgIpc) is 2.58. The number of rotatable bonds is 3. The smallest absolute Gasteiger partial charge is 0.151 e. The second-order valence-corrected chi connectivity index (χ2v) is 7.22. The van der Waals surface area contributed by atoms with Gasteiger partial charge in [-0.3, -0.25) is 4.79 Å². The molecule has 0 aromatic rings. The number of carbonyl (C=O) groups excluding carboxylic acids is 1. The number of nitrogens with one attached hydrogen (secondary N) is 1. The van der Waals surface area contributed by atoms with Crippen molar-refractivity contribution in [3.05, 3.63) is 0 Å². The van der Waals surface area contributed by atoms with Gasteiger partial charge >= 0.3 is 0 Å². The molecule has 0 radical (unpaired) electrons. The topological polar surface area (TPSA) is 63.2 Å². The van der Waals surface area contributed by atoms with Gasteiger partial charge in [0.05, 0.1) is 11.5 Å². The van der Waals surface area contributed by atoms with Gasteiger partial charge in [-0.25, -0.2) is 8.42 Å². The van der Waals surface area contributed by atoms with Crippen molar-refractivity contribution in [3.8, 4) is 0 Å². The van der Waals surface area contributed by atoms with E-state index in [4.69, 9.17) is 0 Å². The molecule has 1 unspecified atom stereocenters. The number of ketones is 1. The molecule has 1 aliphatic heterocycles. The molecule has 0 bridgehead atoms. The average molecular weight is 245 g/mol. The summed E-state index contributed by atoms with van der Waals surface area (Å²) >= 11 is 0. The molecule has 92 valence electrons. The van der Waals surface area contributed by atoms with Gasteiger partial charge in [0.25, 0.3) is 0 Å². The molecule has 2 rings (SSSR count). The Balaban J connectivity index is 1.70. The van der Waals surface area contributed by atoms with Crippen molar-refractivity contribution in [1.29, 1.82) is 0 Å². The highest BCUT2D eigenvalue weighted by Gasteiger charge is 2.28. The van der Waals surface area contributed by atoms with Crippen LogP contribution in [0.2, 0.25) is 0 Å². The van der Waals surface area contributed by atoms with Crippen molar-refractivity contribution in [2.24, 2.45) is 5.92 Å². The first-order valence-electron chi connectivity index (χ1n) is 6.01. The van der Waals surface area contributed by atoms with Crippen LogP contribution in [0.3, 0.4) is 0 Å². The molecule has 1 heterocycles. The number of hydrogen-bond donors (Lipinski definition) is 1. The summed E-state index contributed by atoms with van der Waals surface area (Å²) in [4.78, 5) is 11.1. The fourth-order valence-electron chi connectivity index (χ4n) is 2.49. The van der Waals surface area contributed by atoms with Crippen LogP contribution >= 0.6 is 0 Å². The summed E-state index contributed by atoms with van der Waals surface area (Å²) in [6.45, 7) is 0.869. The Morgan fingerprint density at radius 1 is 1.19 bits per heavy atom. The van der Waals surface area contributed by atoms with Gasteiger partial charge < -0.3 is 5.32 Å². The fourth-order valence-corrected chi connectivity index (χ4v) is 4.20. The maximum atomic E-state index is 11.3. The highest BCUT2D eigenvalue weighted by Crippen LogP contribution is 2.21. The largest absolute Gasteiger partial charge is 0.313 e. The minimum atomic E-state index is -2.77. The van der Waals surface area contributed by atoms with Crippen LogP contribution in [0.4, 0.5) is 0 Å². The molecule has 0 aromatic carbocycles. The molecule has 0 spiro atoms. The lowest BCUT2D eigenvalue weighted by Crippen LogP contribution is -2.35. The molecule has 1 N–H and O–H groups in total. The minimum Gasteiger partial charge on any atom is -0.313 e. The predicted molar refractivity (Wildman–Crippen MR) is 62.0 cm³/mol. The highest BCUT2D eigenvalue weighted by atomic mass is 32.2. The van der Waals surface area contributed by atoms with Crippen molar-refractivity contribution >= 4 is 15.6 Å². The molecule has 5 heteroatoms. The first kappa shape index (κ1) is 12.0. The van der Waals surface area contributed by atoms with Crippen molar-refractivity contribution in [2.45, 2.75) is 38.1 Å². The van der Waals surface area contributed by atoms with Crippen LogP contribution in [0.1, 0.15) is 32.1 Å². The van der Waals surface area contributed by atoms with Crippen molar-refractivity contribution in [2.75, 3.05) is 18.1 Å². The molecule has 4 nitrogen and oxygen atoms in total. The summed E-state index contributed by atoms with van der Waals surface area (Å²) in [6, 6.07) is 0.141. The van der Waals surface area contributed by atoms with Crippen LogP contribution < -0.4 is 5.32 Å². The van der Waals surface area contributed by atoms with E-state index in [1.807, 2.05) is 0 Å². The zero-order chi connectivity index (χ0) is 11.6. The van der Waals surface area contributed by atoms with Crippen molar-refractivity contribution in [1.82, 2.24) is 5.32 Å². The lowest BCUT2D eigenvalue weighted by molar-refractivity contribution is -0.120. The third-order valence-corrected chi connectivity index (χ3v) is 5.36. The fraction of sp³-hybridized carbons (Fsp3) is 0.909. The van der Waals surface area contributed by atoms with Crippen LogP contribution in [0.15, 0.2) is 0 Å². The van der Waals surface area contributed by atoms with E-state index >= 15 is 0 Å². The monoisotopic (exact) mass is 245 g/mol. The van der Waals surface area contributed by atoms with Crippen molar-refractivity contribution in [3.63, 3.8) is 0 Å². The first-order valence-corrected chi connectivity index (χ1v) is 7.83. The van der Waals surface area contributed by atoms with E-state index in [1.165, 1.54) is 0 Å². The Bertz CT molecular complexity index is 353. The van der Waals surface area contributed by atoms with E-state index in [0.717, 1.165) is 25.8 Å². The summed E-state index contributed by atoms with van der Waals surface area (Å²) < 4.78 is 22.5. The number of hydrogen-bond acceptors (Lipinski definition) is 4. The SMILES string of the molecule is O=C1CCC(CNC2CCS(=O)(=O)C2)CC1. The van der Waals surface area contributed by atoms with Gasteiger partial charge in [-0.2, -0.15) is 0 Å². The predicted octanol–water partition coefficient (Wildman–Crippen LogP) is 0.522. The zero-order valence-electron chi connectivity index (χ0n) is 9.44. The molecule has 1 saturated carbocycles. The Labute approximate surface area is 96.7 Å². The van der Waals surface area contributed by atoms with Crippen LogP contribution in [0.25, 0.3) is 0 Å². The summed E-state index contributed by atoms with van der Waals surface area (Å²) in [6.07, 6.45) is 4.08. The van der Waals surface area contributed by atoms with Crippen molar-refractivity contribution < 1.29 is 13.2 Å². The minimum absolute atomic E-state index is 0.141. The summed E-state index contributed by atoms with van der Waals surface area (Å²) in [5.41, 5.74) is 0. The van der Waals surface area contributed by atoms with E-state index in [-0.39, 0.29) is 6.04 Å². The Hall–Kier alpha value is -0.420. The summed E-state index contributed by atoms with van der Waals surface area (Å²) in [5.74, 6) is 1.55. The lowest BCUT2D eigenvalue weighted by atomic mass is 9.88. The van der Waals surface area contributed by atoms with Gasteiger partial charge in [0.1, 0.15) is 5.78 Å².